The van der Waals surface area contributed by atoms with E-state index in [1.54, 1.807) is 0 Å². The summed E-state index contributed by atoms with van der Waals surface area (Å²) < 4.78 is 0. The molecule has 96 valence electrons. The highest BCUT2D eigenvalue weighted by Gasteiger charge is 2.16. The van der Waals surface area contributed by atoms with Crippen molar-refractivity contribution in [3.8, 4) is 0 Å². The smallest absolute Gasteiger partial charge is 0.00161 e. The first kappa shape index (κ1) is 15.7. The summed E-state index contributed by atoms with van der Waals surface area (Å²) in [7, 11) is 0. The Balaban J connectivity index is 0.000000385. The summed E-state index contributed by atoms with van der Waals surface area (Å²) >= 11 is 0. The average Bonchev–Trinajstić information content (AvgIpc) is 2.31. The second-order valence-corrected chi connectivity index (χ2v) is 5.17. The molecule has 1 aliphatic rings. The van der Waals surface area contributed by atoms with Gasteiger partial charge in [0.15, 0.2) is 0 Å². The van der Waals surface area contributed by atoms with E-state index < -0.39 is 0 Å². The van der Waals surface area contributed by atoms with Crippen LogP contribution in [-0.4, -0.2) is 24.5 Å². The number of likely N-dealkylation sites (tertiary alicyclic amines) is 1. The van der Waals surface area contributed by atoms with Crippen molar-refractivity contribution >= 4 is 0 Å². The zero-order valence-corrected chi connectivity index (χ0v) is 11.8. The molecule has 0 saturated carbocycles. The van der Waals surface area contributed by atoms with Crippen molar-refractivity contribution in [3.63, 3.8) is 0 Å². The number of hydrogen-bond acceptors (Lipinski definition) is 1. The fourth-order valence-electron chi connectivity index (χ4n) is 1.93. The van der Waals surface area contributed by atoms with Crippen LogP contribution in [0.4, 0.5) is 0 Å². The molecule has 0 aromatic rings. The largest absolute Gasteiger partial charge is 0.303 e. The minimum Gasteiger partial charge on any atom is -0.303 e. The molecule has 1 heteroatoms. The molecule has 0 aromatic heterocycles. The van der Waals surface area contributed by atoms with Gasteiger partial charge in [-0.3, -0.25) is 0 Å². The minimum absolute atomic E-state index is 0.648. The van der Waals surface area contributed by atoms with Gasteiger partial charge in [0.25, 0.3) is 0 Å². The van der Waals surface area contributed by atoms with E-state index in [-0.39, 0.29) is 0 Å². The molecule has 1 nitrogen and oxygen atoms in total. The Kier molecular flexibility index (Phi) is 9.71. The summed E-state index contributed by atoms with van der Waals surface area (Å²) in [5.41, 5.74) is 0. The quantitative estimate of drug-likeness (QED) is 0.643. The Morgan fingerprint density at radius 2 is 1.75 bits per heavy atom. The Labute approximate surface area is 103 Å². The van der Waals surface area contributed by atoms with E-state index in [1.165, 1.54) is 45.3 Å². The molecule has 0 atom stereocenters. The van der Waals surface area contributed by atoms with Gasteiger partial charge in [-0.25, -0.2) is 0 Å². The summed E-state index contributed by atoms with van der Waals surface area (Å²) in [6.45, 7) is 16.4. The van der Waals surface area contributed by atoms with Crippen LogP contribution in [0.15, 0.2) is 12.7 Å². The number of rotatable bonds is 4. The molecule has 1 fully saturated rings. The fourth-order valence-corrected chi connectivity index (χ4v) is 1.93. The predicted octanol–water partition coefficient (Wildman–Crippen LogP) is 4.35. The maximum atomic E-state index is 3.56. The molecule has 0 aromatic carbocycles. The molecule has 16 heavy (non-hydrogen) atoms. The van der Waals surface area contributed by atoms with E-state index in [9.17, 15) is 0 Å². The van der Waals surface area contributed by atoms with Crippen molar-refractivity contribution in [2.45, 2.75) is 53.4 Å². The molecule has 0 amide bonds. The van der Waals surface area contributed by atoms with E-state index in [4.69, 9.17) is 0 Å². The second kappa shape index (κ2) is 9.89. The van der Waals surface area contributed by atoms with Crippen molar-refractivity contribution in [2.24, 2.45) is 11.8 Å². The van der Waals surface area contributed by atoms with Crippen molar-refractivity contribution in [1.82, 2.24) is 4.90 Å². The lowest BCUT2D eigenvalue weighted by atomic mass is 9.94. The lowest BCUT2D eigenvalue weighted by Gasteiger charge is -2.30. The van der Waals surface area contributed by atoms with E-state index in [0.717, 1.165) is 5.92 Å². The summed E-state index contributed by atoms with van der Waals surface area (Å²) in [4.78, 5) is 2.60. The third-order valence-corrected chi connectivity index (χ3v) is 3.30. The van der Waals surface area contributed by atoms with Gasteiger partial charge < -0.3 is 4.90 Å². The predicted molar refractivity (Wildman–Crippen MR) is 74.8 cm³/mol. The highest BCUT2D eigenvalue weighted by molar-refractivity contribution is 4.70. The first-order chi connectivity index (χ1) is 7.63. The Morgan fingerprint density at radius 3 is 2.06 bits per heavy atom. The Hall–Kier alpha value is -0.300. The minimum atomic E-state index is 0.648. The molecule has 1 heterocycles. The van der Waals surface area contributed by atoms with Crippen LogP contribution in [0.1, 0.15) is 53.4 Å². The van der Waals surface area contributed by atoms with Crippen LogP contribution >= 0.6 is 0 Å². The van der Waals surface area contributed by atoms with Crippen LogP contribution < -0.4 is 0 Å². The lowest BCUT2D eigenvalue weighted by molar-refractivity contribution is 0.182. The topological polar surface area (TPSA) is 3.24 Å². The monoisotopic (exact) mass is 225 g/mol. The van der Waals surface area contributed by atoms with Crippen LogP contribution in [0.25, 0.3) is 0 Å². The average molecular weight is 225 g/mol. The van der Waals surface area contributed by atoms with Gasteiger partial charge in [-0.2, -0.15) is 0 Å². The van der Waals surface area contributed by atoms with Crippen molar-refractivity contribution < 1.29 is 0 Å². The molecule has 0 aliphatic carbocycles. The van der Waals surface area contributed by atoms with Gasteiger partial charge >= 0.3 is 0 Å². The van der Waals surface area contributed by atoms with Crippen molar-refractivity contribution in [2.75, 3.05) is 19.6 Å². The van der Waals surface area contributed by atoms with Gasteiger partial charge in [0.1, 0.15) is 0 Å². The molecular weight excluding hydrogens is 194 g/mol. The van der Waals surface area contributed by atoms with Crippen LogP contribution in [0, 0.1) is 11.8 Å². The van der Waals surface area contributed by atoms with Gasteiger partial charge in [0.2, 0.25) is 0 Å². The van der Waals surface area contributed by atoms with E-state index in [0.29, 0.717) is 5.92 Å². The molecule has 0 spiro atoms. The van der Waals surface area contributed by atoms with Gasteiger partial charge in [-0.1, -0.05) is 40.2 Å². The molecule has 1 aliphatic heterocycles. The second-order valence-electron chi connectivity index (χ2n) is 5.17. The van der Waals surface area contributed by atoms with Gasteiger partial charge in [-0.15, -0.1) is 6.58 Å². The normalized spacial score (nSPS) is 18.1. The molecule has 1 saturated heterocycles. The Morgan fingerprint density at radius 1 is 1.25 bits per heavy atom. The maximum absolute atomic E-state index is 3.56. The number of allylic oxidation sites excluding steroid dienone is 1. The van der Waals surface area contributed by atoms with Crippen LogP contribution in [0.2, 0.25) is 0 Å². The van der Waals surface area contributed by atoms with Crippen LogP contribution in [-0.2, 0) is 0 Å². The van der Waals surface area contributed by atoms with E-state index in [2.05, 4.69) is 39.2 Å². The van der Waals surface area contributed by atoms with Crippen LogP contribution in [0.3, 0.4) is 0 Å². The number of nitrogens with zero attached hydrogens (tertiary/aromatic N) is 1. The van der Waals surface area contributed by atoms with Crippen molar-refractivity contribution in [1.29, 1.82) is 0 Å². The molecule has 1 rings (SSSR count). The van der Waals surface area contributed by atoms with E-state index in [1.807, 2.05) is 6.08 Å². The summed E-state index contributed by atoms with van der Waals surface area (Å²) in [5, 5.41) is 0. The highest BCUT2D eigenvalue weighted by Crippen LogP contribution is 2.19. The summed E-state index contributed by atoms with van der Waals surface area (Å²) in [6.07, 6.45) is 7.50. The zero-order chi connectivity index (χ0) is 12.4. The van der Waals surface area contributed by atoms with Gasteiger partial charge in [-0.05, 0) is 50.7 Å². The molecule has 0 radical (unpaired) electrons. The standard InChI is InChI=1S/C10H21N.C5H10/c1-3-7-11-8-5-10(4-2)6-9-11;1-4-5(2)3/h10H,3-9H2,1-2H3;4-5H,1H2,2-3H3. The number of piperidine rings is 1. The number of hydrogen-bond donors (Lipinski definition) is 0. The van der Waals surface area contributed by atoms with Gasteiger partial charge in [0, 0.05) is 0 Å². The third-order valence-electron chi connectivity index (χ3n) is 3.30. The van der Waals surface area contributed by atoms with Crippen molar-refractivity contribution in [3.05, 3.63) is 12.7 Å². The third kappa shape index (κ3) is 7.92. The van der Waals surface area contributed by atoms with Gasteiger partial charge in [0.05, 0.1) is 0 Å². The Bertz CT molecular complexity index is 155. The summed E-state index contributed by atoms with van der Waals surface area (Å²) in [5.74, 6) is 1.68. The van der Waals surface area contributed by atoms with Crippen LogP contribution in [0.5, 0.6) is 0 Å². The lowest BCUT2D eigenvalue weighted by Crippen LogP contribution is -2.33. The zero-order valence-electron chi connectivity index (χ0n) is 11.8. The molecular formula is C15H31N. The molecule has 0 unspecified atom stereocenters. The summed E-state index contributed by atoms with van der Waals surface area (Å²) in [6, 6.07) is 0. The van der Waals surface area contributed by atoms with E-state index >= 15 is 0 Å². The SMILES string of the molecule is C=CC(C)C.CCCN1CCC(CC)CC1. The maximum Gasteiger partial charge on any atom is -0.00161 e. The first-order valence-electron chi connectivity index (χ1n) is 6.98. The molecule has 0 N–H and O–H groups in total. The molecule has 0 bridgehead atoms. The highest BCUT2D eigenvalue weighted by atomic mass is 15.1. The fraction of sp³-hybridized carbons (Fsp3) is 0.867. The first-order valence-corrected chi connectivity index (χ1v) is 6.98.